The molecule has 0 bridgehead atoms. The largest absolute Gasteiger partial charge is 0.356 e. The number of aromatic nitrogens is 5. The molecule has 0 saturated heterocycles. The monoisotopic (exact) mass is 374 g/mol. The van der Waals surface area contributed by atoms with Crippen LogP contribution in [0.1, 0.15) is 11.3 Å². The van der Waals surface area contributed by atoms with Gasteiger partial charge in [0.1, 0.15) is 5.82 Å². The number of halogens is 1. The van der Waals surface area contributed by atoms with Crippen LogP contribution >= 0.6 is 11.3 Å². The maximum absolute atomic E-state index is 12.9. The number of nitrogens with one attached hydrogen (secondary N) is 3. The van der Waals surface area contributed by atoms with Gasteiger partial charge in [0.2, 0.25) is 5.95 Å². The molecule has 136 valence electrons. The minimum Gasteiger partial charge on any atom is -0.356 e. The van der Waals surface area contributed by atoms with Crippen LogP contribution in [-0.4, -0.2) is 51.8 Å². The van der Waals surface area contributed by atoms with Gasteiger partial charge in [0.05, 0.1) is 29.8 Å². The van der Waals surface area contributed by atoms with E-state index in [2.05, 4.69) is 35.7 Å². The van der Waals surface area contributed by atoms with E-state index >= 15 is 0 Å². The second-order valence-electron chi connectivity index (χ2n) is 5.97. The summed E-state index contributed by atoms with van der Waals surface area (Å²) in [4.78, 5) is 16.1. The van der Waals surface area contributed by atoms with Crippen molar-refractivity contribution in [3.63, 3.8) is 0 Å². The molecular weight excluding hydrogens is 355 g/mol. The van der Waals surface area contributed by atoms with Crippen LogP contribution in [0.5, 0.6) is 0 Å². The highest BCUT2D eigenvalue weighted by molar-refractivity contribution is 7.16. The van der Waals surface area contributed by atoms with Gasteiger partial charge in [-0.15, -0.1) is 11.3 Å². The lowest BCUT2D eigenvalue weighted by Crippen LogP contribution is -2.28. The third kappa shape index (κ3) is 3.37. The van der Waals surface area contributed by atoms with E-state index in [4.69, 9.17) is 4.98 Å². The lowest BCUT2D eigenvalue weighted by molar-refractivity contribution is 0.614. The van der Waals surface area contributed by atoms with Crippen molar-refractivity contribution in [2.45, 2.75) is 12.8 Å². The Kier molecular flexibility index (Phi) is 4.76. The van der Waals surface area contributed by atoms with Gasteiger partial charge in [-0.25, -0.2) is 19.3 Å². The van der Waals surface area contributed by atoms with Crippen molar-refractivity contribution in [1.82, 2.24) is 30.5 Å². The molecule has 0 aromatic carbocycles. The first-order chi connectivity index (χ1) is 12.7. The standard InChI is InChI=1S/C16H19FN8S/c1-18-4-2-5-25-6-3-12-13(11-9-21-24-14(11)25)22-16(26-12)23-15-19-7-10(17)8-20-15/h7-9,18H,2-6H2,1H3,(H,21,24)(H,19,20,22,23). The molecule has 3 aromatic heterocycles. The van der Waals surface area contributed by atoms with Crippen molar-refractivity contribution in [2.24, 2.45) is 0 Å². The molecule has 1 aliphatic heterocycles. The van der Waals surface area contributed by atoms with Gasteiger partial charge in [0, 0.05) is 24.4 Å². The molecule has 3 N–H and O–H groups in total. The second kappa shape index (κ2) is 7.34. The van der Waals surface area contributed by atoms with Crippen molar-refractivity contribution in [1.29, 1.82) is 0 Å². The van der Waals surface area contributed by atoms with Gasteiger partial charge in [-0.05, 0) is 20.0 Å². The summed E-state index contributed by atoms with van der Waals surface area (Å²) in [5, 5.41) is 14.3. The molecule has 0 spiro atoms. The molecule has 0 unspecified atom stereocenters. The molecule has 0 aliphatic carbocycles. The van der Waals surface area contributed by atoms with Gasteiger partial charge < -0.3 is 15.5 Å². The van der Waals surface area contributed by atoms with Crippen LogP contribution in [0.25, 0.3) is 11.3 Å². The molecule has 8 nitrogen and oxygen atoms in total. The SMILES string of the molecule is CNCCCN1CCc2sc(Nc3ncc(F)cn3)nc2-c2cn[nH]c21. The quantitative estimate of drug-likeness (QED) is 0.569. The van der Waals surface area contributed by atoms with Crippen LogP contribution in [-0.2, 0) is 6.42 Å². The first kappa shape index (κ1) is 16.9. The molecular formula is C16H19FN8S. The molecule has 10 heteroatoms. The lowest BCUT2D eigenvalue weighted by Gasteiger charge is -2.22. The summed E-state index contributed by atoms with van der Waals surface area (Å²) in [6, 6.07) is 0. The fourth-order valence-electron chi connectivity index (χ4n) is 2.97. The van der Waals surface area contributed by atoms with E-state index in [1.165, 1.54) is 4.88 Å². The molecule has 0 amide bonds. The van der Waals surface area contributed by atoms with Gasteiger partial charge in [-0.1, -0.05) is 0 Å². The molecule has 3 aromatic rings. The van der Waals surface area contributed by atoms with Crippen molar-refractivity contribution in [3.05, 3.63) is 29.3 Å². The van der Waals surface area contributed by atoms with Crippen molar-refractivity contribution in [2.75, 3.05) is 36.9 Å². The Morgan fingerprint density at radius 1 is 1.31 bits per heavy atom. The summed E-state index contributed by atoms with van der Waals surface area (Å²) in [6.45, 7) is 2.84. The predicted octanol–water partition coefficient (Wildman–Crippen LogP) is 2.18. The number of fused-ring (bicyclic) bond motifs is 3. The van der Waals surface area contributed by atoms with Crippen LogP contribution in [0.4, 0.5) is 21.3 Å². The first-order valence-corrected chi connectivity index (χ1v) is 9.24. The summed E-state index contributed by atoms with van der Waals surface area (Å²) >= 11 is 1.57. The summed E-state index contributed by atoms with van der Waals surface area (Å²) in [7, 11) is 1.96. The Hall–Kier alpha value is -2.59. The number of hydrogen-bond acceptors (Lipinski definition) is 8. The number of thiazole rings is 1. The summed E-state index contributed by atoms with van der Waals surface area (Å²) < 4.78 is 12.9. The van der Waals surface area contributed by atoms with Crippen LogP contribution in [0.3, 0.4) is 0 Å². The fourth-order valence-corrected chi connectivity index (χ4v) is 3.93. The van der Waals surface area contributed by atoms with Gasteiger partial charge >= 0.3 is 0 Å². The average Bonchev–Trinajstić information content (AvgIpc) is 3.24. The fraction of sp³-hybridized carbons (Fsp3) is 0.375. The first-order valence-electron chi connectivity index (χ1n) is 8.42. The number of nitrogens with zero attached hydrogens (tertiary/aromatic N) is 5. The summed E-state index contributed by atoms with van der Waals surface area (Å²) in [5.74, 6) is 0.873. The summed E-state index contributed by atoms with van der Waals surface area (Å²) in [6.07, 6.45) is 6.05. The minimum atomic E-state index is -0.466. The highest BCUT2D eigenvalue weighted by atomic mass is 32.1. The third-order valence-electron chi connectivity index (χ3n) is 4.19. The van der Waals surface area contributed by atoms with Gasteiger partial charge in [0.25, 0.3) is 0 Å². The Morgan fingerprint density at radius 2 is 2.15 bits per heavy atom. The molecule has 4 heterocycles. The zero-order chi connectivity index (χ0) is 17.9. The molecule has 0 radical (unpaired) electrons. The number of rotatable bonds is 6. The van der Waals surface area contributed by atoms with Gasteiger partial charge in [-0.2, -0.15) is 5.10 Å². The Labute approximate surface area is 153 Å². The van der Waals surface area contributed by atoms with E-state index in [-0.39, 0.29) is 0 Å². The lowest BCUT2D eigenvalue weighted by atomic mass is 10.2. The second-order valence-corrected chi connectivity index (χ2v) is 7.05. The highest BCUT2D eigenvalue weighted by Crippen LogP contribution is 2.39. The Morgan fingerprint density at radius 3 is 2.96 bits per heavy atom. The molecule has 0 fully saturated rings. The average molecular weight is 374 g/mol. The van der Waals surface area contributed by atoms with Crippen LogP contribution in [0.15, 0.2) is 18.6 Å². The van der Waals surface area contributed by atoms with E-state index in [1.807, 2.05) is 13.2 Å². The zero-order valence-electron chi connectivity index (χ0n) is 14.3. The maximum atomic E-state index is 12.9. The number of aromatic amines is 1. The van der Waals surface area contributed by atoms with E-state index in [0.29, 0.717) is 11.1 Å². The number of H-pyrrole nitrogens is 1. The number of hydrogen-bond donors (Lipinski definition) is 3. The van der Waals surface area contributed by atoms with Crippen molar-refractivity contribution < 1.29 is 4.39 Å². The van der Waals surface area contributed by atoms with Crippen molar-refractivity contribution >= 4 is 28.2 Å². The van der Waals surface area contributed by atoms with E-state index in [0.717, 1.165) is 61.9 Å². The zero-order valence-corrected chi connectivity index (χ0v) is 15.1. The van der Waals surface area contributed by atoms with E-state index in [9.17, 15) is 4.39 Å². The molecule has 0 atom stereocenters. The minimum absolute atomic E-state index is 0.330. The normalized spacial score (nSPS) is 13.2. The summed E-state index contributed by atoms with van der Waals surface area (Å²) in [5.41, 5.74) is 1.94. The van der Waals surface area contributed by atoms with E-state index < -0.39 is 5.82 Å². The Bertz CT molecular complexity index is 875. The maximum Gasteiger partial charge on any atom is 0.229 e. The van der Waals surface area contributed by atoms with E-state index in [1.54, 1.807) is 11.3 Å². The topological polar surface area (TPSA) is 94.7 Å². The van der Waals surface area contributed by atoms with Crippen LogP contribution in [0.2, 0.25) is 0 Å². The molecule has 26 heavy (non-hydrogen) atoms. The van der Waals surface area contributed by atoms with Crippen LogP contribution < -0.4 is 15.5 Å². The highest BCUT2D eigenvalue weighted by Gasteiger charge is 2.25. The van der Waals surface area contributed by atoms with Gasteiger partial charge in [0.15, 0.2) is 10.9 Å². The number of anilines is 3. The van der Waals surface area contributed by atoms with Gasteiger partial charge in [-0.3, -0.25) is 5.10 Å². The Balaban J connectivity index is 1.58. The smallest absolute Gasteiger partial charge is 0.229 e. The van der Waals surface area contributed by atoms with Crippen molar-refractivity contribution in [3.8, 4) is 11.3 Å². The van der Waals surface area contributed by atoms with Crippen LogP contribution in [0, 0.1) is 5.82 Å². The third-order valence-corrected chi connectivity index (χ3v) is 5.22. The molecule has 0 saturated carbocycles. The molecule has 4 rings (SSSR count). The predicted molar refractivity (Wildman–Crippen MR) is 99.4 cm³/mol. The molecule has 1 aliphatic rings.